The molecule has 37 heavy (non-hydrogen) atoms. The molecule has 8 heteroatoms. The van der Waals surface area contributed by atoms with E-state index in [4.69, 9.17) is 4.84 Å². The molecule has 1 heterocycles. The maximum Gasteiger partial charge on any atom is 0.240 e. The van der Waals surface area contributed by atoms with Gasteiger partial charge in [-0.3, -0.25) is 9.63 Å². The van der Waals surface area contributed by atoms with E-state index in [1.165, 1.54) is 12.0 Å². The summed E-state index contributed by atoms with van der Waals surface area (Å²) in [7, 11) is 4.12. The molecule has 5 rings (SSSR count). The van der Waals surface area contributed by atoms with Gasteiger partial charge in [-0.1, -0.05) is 45.0 Å². The summed E-state index contributed by atoms with van der Waals surface area (Å²) in [6.07, 6.45) is 0.835. The average molecular weight is 517 g/mol. The van der Waals surface area contributed by atoms with E-state index in [0.29, 0.717) is 29.7 Å². The van der Waals surface area contributed by atoms with Crippen LogP contribution in [0.15, 0.2) is 24.3 Å². The molecule has 4 fully saturated rings. The molecule has 1 amide bonds. The number of hydrogen-bond acceptors (Lipinski definition) is 7. The number of fused-ring (bicyclic) bond motifs is 2. The molecule has 1 aliphatic heterocycles. The van der Waals surface area contributed by atoms with Crippen LogP contribution in [0.25, 0.3) is 0 Å². The highest BCUT2D eigenvalue weighted by Crippen LogP contribution is 2.61. The first-order valence-corrected chi connectivity index (χ1v) is 14.0. The number of likely N-dealkylation sites (N-methyl/N-ethyl adjacent to an activating group) is 1. The summed E-state index contributed by atoms with van der Waals surface area (Å²) >= 11 is 0. The predicted octanol–water partition coefficient (Wildman–Crippen LogP) is 2.00. The van der Waals surface area contributed by atoms with Crippen LogP contribution in [-0.4, -0.2) is 84.2 Å². The maximum absolute atomic E-state index is 13.8. The Hall–Kier alpha value is -1.55. The lowest BCUT2D eigenvalue weighted by molar-refractivity contribution is -0.183. The van der Waals surface area contributed by atoms with Crippen LogP contribution in [0.2, 0.25) is 0 Å². The number of carbonyl (C=O) groups is 1. The summed E-state index contributed by atoms with van der Waals surface area (Å²) in [4.78, 5) is 22.0. The normalized spacial score (nSPS) is 33.8. The van der Waals surface area contributed by atoms with Gasteiger partial charge in [0.1, 0.15) is 12.1 Å². The fourth-order valence-electron chi connectivity index (χ4n) is 7.04. The van der Waals surface area contributed by atoms with Crippen LogP contribution in [0.1, 0.15) is 51.7 Å². The molecule has 8 atom stereocenters. The van der Waals surface area contributed by atoms with Crippen molar-refractivity contribution in [2.75, 3.05) is 33.8 Å². The quantitative estimate of drug-likeness (QED) is 0.334. The second-order valence-corrected chi connectivity index (χ2v) is 12.5. The van der Waals surface area contributed by atoms with Crippen molar-refractivity contribution < 1.29 is 19.8 Å². The number of amides is 1. The van der Waals surface area contributed by atoms with Crippen molar-refractivity contribution >= 4 is 5.91 Å². The summed E-state index contributed by atoms with van der Waals surface area (Å²) in [5.41, 5.74) is 2.54. The minimum atomic E-state index is -0.791. The molecule has 4 N–H and O–H groups in total. The number of aliphatic hydroxyl groups is 2. The third-order valence-corrected chi connectivity index (χ3v) is 9.46. The highest BCUT2D eigenvalue weighted by Gasteiger charge is 2.57. The summed E-state index contributed by atoms with van der Waals surface area (Å²) < 4.78 is 0. The van der Waals surface area contributed by atoms with Gasteiger partial charge in [0.25, 0.3) is 0 Å². The van der Waals surface area contributed by atoms with Gasteiger partial charge >= 0.3 is 0 Å². The highest BCUT2D eigenvalue weighted by molar-refractivity contribution is 5.82. The summed E-state index contributed by atoms with van der Waals surface area (Å²) in [5, 5.41) is 29.1. The van der Waals surface area contributed by atoms with Crippen LogP contribution in [0, 0.1) is 29.1 Å². The van der Waals surface area contributed by atoms with Gasteiger partial charge in [-0.15, -0.1) is 0 Å². The SMILES string of the molecule is CC(O)[C@@H]1[C@H](CO)ON(Cc2cccc(CNCCN(C)C)c2)[C@@H]1C(=O)N[C@H]1C[C@H]2C[C@@H]([C@@H]1C)C2(C)C. The van der Waals surface area contributed by atoms with E-state index in [9.17, 15) is 15.0 Å². The van der Waals surface area contributed by atoms with Crippen LogP contribution < -0.4 is 10.6 Å². The lowest BCUT2D eigenvalue weighted by atomic mass is 9.45. The number of carbonyl (C=O) groups excluding carboxylic acids is 1. The number of rotatable bonds is 11. The summed E-state index contributed by atoms with van der Waals surface area (Å²) in [6.45, 7) is 11.5. The fraction of sp³-hybridized carbons (Fsp3) is 0.759. The van der Waals surface area contributed by atoms with Crippen molar-refractivity contribution in [3.63, 3.8) is 0 Å². The van der Waals surface area contributed by atoms with Crippen molar-refractivity contribution in [1.82, 2.24) is 20.6 Å². The highest BCUT2D eigenvalue weighted by atomic mass is 16.7. The minimum absolute atomic E-state index is 0.112. The van der Waals surface area contributed by atoms with Crippen LogP contribution >= 0.6 is 0 Å². The molecule has 1 unspecified atom stereocenters. The number of nitrogens with zero attached hydrogens (tertiary/aromatic N) is 2. The number of hydrogen-bond donors (Lipinski definition) is 4. The molecular weight excluding hydrogens is 468 g/mol. The monoisotopic (exact) mass is 516 g/mol. The largest absolute Gasteiger partial charge is 0.394 e. The van der Waals surface area contributed by atoms with E-state index < -0.39 is 24.2 Å². The predicted molar refractivity (Wildman–Crippen MR) is 144 cm³/mol. The molecule has 8 nitrogen and oxygen atoms in total. The molecule has 4 aliphatic rings. The number of nitrogens with one attached hydrogen (secondary N) is 2. The number of benzene rings is 1. The first-order chi connectivity index (χ1) is 17.5. The smallest absolute Gasteiger partial charge is 0.240 e. The zero-order valence-electron chi connectivity index (χ0n) is 23.5. The topological polar surface area (TPSA) is 97.3 Å². The molecular formula is C29H48N4O4. The Labute approximate surface area is 222 Å². The number of hydroxylamine groups is 2. The van der Waals surface area contributed by atoms with Gasteiger partial charge in [-0.25, -0.2) is 0 Å². The standard InChI is InChI=1S/C29H48N4O4/c1-18-23-13-22(29(23,3)4)14-24(18)31-28(36)27-26(19(2)35)25(17-34)37-33(27)16-21-9-7-8-20(12-21)15-30-10-11-32(5)6/h7-9,12,18-19,22-27,30,34-35H,10-11,13-17H2,1-6H3,(H,31,36)/t18-,19?,22+,23-,24-,25-,26+,27-/m0/s1. The molecule has 1 aromatic rings. The van der Waals surface area contributed by atoms with E-state index in [2.05, 4.69) is 62.5 Å². The van der Waals surface area contributed by atoms with Crippen molar-refractivity contribution in [1.29, 1.82) is 0 Å². The third kappa shape index (κ3) is 6.05. The summed E-state index contributed by atoms with van der Waals surface area (Å²) in [6, 6.07) is 7.74. The van der Waals surface area contributed by atoms with Crippen molar-refractivity contribution in [3.05, 3.63) is 35.4 Å². The Morgan fingerprint density at radius 1 is 1.27 bits per heavy atom. The Balaban J connectivity index is 1.46. The minimum Gasteiger partial charge on any atom is -0.394 e. The van der Waals surface area contributed by atoms with E-state index in [1.807, 2.05) is 12.1 Å². The Morgan fingerprint density at radius 2 is 2.00 bits per heavy atom. The second kappa shape index (κ2) is 11.7. The van der Waals surface area contributed by atoms with Crippen molar-refractivity contribution in [2.24, 2.45) is 29.1 Å². The van der Waals surface area contributed by atoms with Crippen LogP contribution in [0.4, 0.5) is 0 Å². The van der Waals surface area contributed by atoms with Crippen molar-refractivity contribution in [2.45, 2.75) is 77.9 Å². The number of aliphatic hydroxyl groups excluding tert-OH is 2. The Kier molecular flexibility index (Phi) is 8.98. The molecule has 0 aromatic heterocycles. The molecule has 3 saturated carbocycles. The molecule has 0 radical (unpaired) electrons. The molecule has 1 saturated heterocycles. The van der Waals surface area contributed by atoms with E-state index >= 15 is 0 Å². The molecule has 208 valence electrons. The van der Waals surface area contributed by atoms with Gasteiger partial charge < -0.3 is 25.7 Å². The van der Waals surface area contributed by atoms with Crippen LogP contribution in [-0.2, 0) is 22.7 Å². The molecule has 2 bridgehead atoms. The molecule has 1 aromatic carbocycles. The van der Waals surface area contributed by atoms with E-state index in [-0.39, 0.29) is 18.6 Å². The van der Waals surface area contributed by atoms with Gasteiger partial charge in [0.2, 0.25) is 5.91 Å². The Morgan fingerprint density at radius 3 is 2.62 bits per heavy atom. The van der Waals surface area contributed by atoms with Gasteiger partial charge in [0, 0.05) is 31.6 Å². The fourth-order valence-corrected chi connectivity index (χ4v) is 7.04. The zero-order chi connectivity index (χ0) is 26.9. The lowest BCUT2D eigenvalue weighted by Gasteiger charge is -2.62. The van der Waals surface area contributed by atoms with Crippen molar-refractivity contribution in [3.8, 4) is 0 Å². The van der Waals surface area contributed by atoms with Gasteiger partial charge in [-0.05, 0) is 68.2 Å². The first-order valence-electron chi connectivity index (χ1n) is 14.0. The van der Waals surface area contributed by atoms with Gasteiger partial charge in [0.05, 0.1) is 19.3 Å². The molecule has 0 spiro atoms. The third-order valence-electron chi connectivity index (χ3n) is 9.46. The maximum atomic E-state index is 13.8. The summed E-state index contributed by atoms with van der Waals surface area (Å²) in [5.74, 6) is 1.06. The zero-order valence-corrected chi connectivity index (χ0v) is 23.5. The van der Waals surface area contributed by atoms with E-state index in [0.717, 1.165) is 31.6 Å². The van der Waals surface area contributed by atoms with Gasteiger partial charge in [-0.2, -0.15) is 5.06 Å². The van der Waals surface area contributed by atoms with Gasteiger partial charge in [0.15, 0.2) is 0 Å². The van der Waals surface area contributed by atoms with E-state index in [1.54, 1.807) is 12.0 Å². The molecule has 3 aliphatic carbocycles. The van der Waals surface area contributed by atoms with Crippen LogP contribution in [0.3, 0.4) is 0 Å². The Bertz CT molecular complexity index is 923. The average Bonchev–Trinajstić information content (AvgIpc) is 3.21. The van der Waals surface area contributed by atoms with Crippen LogP contribution in [0.5, 0.6) is 0 Å². The second-order valence-electron chi connectivity index (χ2n) is 12.5. The first kappa shape index (κ1) is 28.5. The lowest BCUT2D eigenvalue weighted by Crippen LogP contribution is -2.62.